The molecule has 0 aliphatic carbocycles. The lowest BCUT2D eigenvalue weighted by atomic mass is 10.1. The van der Waals surface area contributed by atoms with E-state index in [0.717, 1.165) is 0 Å². The maximum absolute atomic E-state index is 13.5. The van der Waals surface area contributed by atoms with Gasteiger partial charge in [-0.25, -0.2) is 12.8 Å². The average molecular weight is 437 g/mol. The summed E-state index contributed by atoms with van der Waals surface area (Å²) in [5.74, 6) is -0.497. The number of sulfonamides is 1. The van der Waals surface area contributed by atoms with Gasteiger partial charge >= 0.3 is 0 Å². The number of hydrogen-bond acceptors (Lipinski definition) is 5. The van der Waals surface area contributed by atoms with Gasteiger partial charge in [0.25, 0.3) is 5.91 Å². The molecule has 162 valence electrons. The van der Waals surface area contributed by atoms with Gasteiger partial charge in [0.2, 0.25) is 10.0 Å². The highest BCUT2D eigenvalue weighted by molar-refractivity contribution is 7.89. The van der Waals surface area contributed by atoms with Crippen molar-refractivity contribution in [2.24, 2.45) is 0 Å². The van der Waals surface area contributed by atoms with Gasteiger partial charge in [0.05, 0.1) is 30.8 Å². The first-order chi connectivity index (χ1) is 14.4. The summed E-state index contributed by atoms with van der Waals surface area (Å²) >= 11 is 0. The summed E-state index contributed by atoms with van der Waals surface area (Å²) < 4.78 is 51.4. The molecule has 1 aliphatic heterocycles. The minimum Gasteiger partial charge on any atom is -0.496 e. The Balaban J connectivity index is 1.92. The lowest BCUT2D eigenvalue weighted by Crippen LogP contribution is -2.40. The molecule has 0 unspecified atom stereocenters. The zero-order valence-corrected chi connectivity index (χ0v) is 17.8. The minimum absolute atomic E-state index is 0.0235. The van der Waals surface area contributed by atoms with Gasteiger partial charge in [0, 0.05) is 26.2 Å². The van der Waals surface area contributed by atoms with Crippen molar-refractivity contribution in [3.63, 3.8) is 0 Å². The highest BCUT2D eigenvalue weighted by Gasteiger charge is 2.29. The molecule has 0 spiro atoms. The highest BCUT2D eigenvalue weighted by Crippen LogP contribution is 2.27. The normalized spacial score (nSPS) is 15.0. The first-order valence-electron chi connectivity index (χ1n) is 9.66. The van der Waals surface area contributed by atoms with Gasteiger partial charge in [0.1, 0.15) is 11.6 Å². The van der Waals surface area contributed by atoms with Gasteiger partial charge in [-0.3, -0.25) is 4.79 Å². The van der Waals surface area contributed by atoms with Crippen LogP contribution < -0.4 is 4.74 Å². The van der Waals surface area contributed by atoms with Crippen LogP contribution in [-0.4, -0.2) is 63.5 Å². The largest absolute Gasteiger partial charge is 0.496 e. The number of hydrogen-bond donors (Lipinski definition) is 0. The summed E-state index contributed by atoms with van der Waals surface area (Å²) in [7, 11) is -2.34. The third kappa shape index (κ3) is 4.80. The first kappa shape index (κ1) is 22.2. The molecular formula is C21H25FN2O5S. The molecular weight excluding hydrogens is 411 g/mol. The third-order valence-corrected chi connectivity index (χ3v) is 6.84. The molecule has 0 radical (unpaired) electrons. The number of rotatable bonds is 7. The molecule has 2 aromatic carbocycles. The van der Waals surface area contributed by atoms with Crippen molar-refractivity contribution in [1.82, 2.24) is 9.21 Å². The molecule has 0 N–H and O–H groups in total. The monoisotopic (exact) mass is 436 g/mol. The molecule has 7 nitrogen and oxygen atoms in total. The van der Waals surface area contributed by atoms with Crippen LogP contribution in [0.2, 0.25) is 0 Å². The van der Waals surface area contributed by atoms with E-state index in [-0.39, 0.29) is 41.7 Å². The molecule has 2 aromatic rings. The van der Waals surface area contributed by atoms with Gasteiger partial charge in [-0.2, -0.15) is 4.31 Å². The molecule has 1 aliphatic rings. The summed E-state index contributed by atoms with van der Waals surface area (Å²) in [6.45, 7) is 3.54. The van der Waals surface area contributed by atoms with Crippen LogP contribution in [0, 0.1) is 5.82 Å². The van der Waals surface area contributed by atoms with Crippen molar-refractivity contribution >= 4 is 15.9 Å². The Bertz CT molecular complexity index is 1010. The number of nitrogens with zero attached hydrogens (tertiary/aromatic N) is 2. The van der Waals surface area contributed by atoms with Gasteiger partial charge in [-0.1, -0.05) is 12.1 Å². The molecule has 3 rings (SSSR count). The number of benzene rings is 2. The minimum atomic E-state index is -3.76. The molecule has 0 aromatic heterocycles. The Labute approximate surface area is 176 Å². The van der Waals surface area contributed by atoms with Crippen LogP contribution in [0.5, 0.6) is 5.75 Å². The van der Waals surface area contributed by atoms with E-state index in [1.165, 1.54) is 46.6 Å². The number of carbonyl (C=O) groups is 1. The van der Waals surface area contributed by atoms with Crippen molar-refractivity contribution in [3.8, 4) is 5.75 Å². The molecule has 0 bridgehead atoms. The standard InChI is InChI=1S/C21H25FN2O5S/c1-3-23(15-16-5-4-6-17(22)13-16)21(25)19-14-18(7-8-20(19)28-2)30(26,27)24-9-11-29-12-10-24/h4-8,13-14H,3,9-12,15H2,1-2H3. The van der Waals surface area contributed by atoms with Crippen molar-refractivity contribution in [1.29, 1.82) is 0 Å². The Morgan fingerprint density at radius 3 is 2.57 bits per heavy atom. The van der Waals surface area contributed by atoms with E-state index < -0.39 is 15.9 Å². The molecule has 0 saturated carbocycles. The van der Waals surface area contributed by atoms with Gasteiger partial charge < -0.3 is 14.4 Å². The second-order valence-corrected chi connectivity index (χ2v) is 8.77. The smallest absolute Gasteiger partial charge is 0.257 e. The van der Waals surface area contributed by atoms with E-state index in [1.54, 1.807) is 19.1 Å². The Kier molecular flexibility index (Phi) is 7.06. The summed E-state index contributed by atoms with van der Waals surface area (Å²) in [6.07, 6.45) is 0. The summed E-state index contributed by atoms with van der Waals surface area (Å²) in [4.78, 5) is 14.8. The zero-order valence-electron chi connectivity index (χ0n) is 17.0. The number of carbonyl (C=O) groups excluding carboxylic acids is 1. The van der Waals surface area contributed by atoms with Crippen LogP contribution >= 0.6 is 0 Å². The van der Waals surface area contributed by atoms with Crippen LogP contribution in [-0.2, 0) is 21.3 Å². The Hall–Kier alpha value is -2.49. The van der Waals surface area contributed by atoms with Gasteiger partial charge in [0.15, 0.2) is 0 Å². The lowest BCUT2D eigenvalue weighted by molar-refractivity contribution is 0.0729. The first-order valence-corrected chi connectivity index (χ1v) is 11.1. The van der Waals surface area contributed by atoms with Gasteiger partial charge in [-0.05, 0) is 42.8 Å². The summed E-state index contributed by atoms with van der Waals surface area (Å²) in [6, 6.07) is 10.3. The molecule has 1 heterocycles. The Morgan fingerprint density at radius 1 is 1.20 bits per heavy atom. The third-order valence-electron chi connectivity index (χ3n) is 4.94. The highest BCUT2D eigenvalue weighted by atomic mass is 32.2. The fourth-order valence-corrected chi connectivity index (χ4v) is 4.74. The average Bonchev–Trinajstić information content (AvgIpc) is 2.77. The van der Waals surface area contributed by atoms with Crippen molar-refractivity contribution in [3.05, 3.63) is 59.4 Å². The summed E-state index contributed by atoms with van der Waals surface area (Å²) in [5.41, 5.74) is 0.784. The maximum atomic E-state index is 13.5. The summed E-state index contributed by atoms with van der Waals surface area (Å²) in [5, 5.41) is 0. The van der Waals surface area contributed by atoms with Gasteiger partial charge in [-0.15, -0.1) is 0 Å². The molecule has 1 fully saturated rings. The fraction of sp³-hybridized carbons (Fsp3) is 0.381. The second-order valence-electron chi connectivity index (χ2n) is 6.83. The zero-order chi connectivity index (χ0) is 21.7. The molecule has 1 amide bonds. The fourth-order valence-electron chi connectivity index (χ4n) is 3.30. The number of methoxy groups -OCH3 is 1. The van der Waals surface area contributed by atoms with E-state index >= 15 is 0 Å². The van der Waals surface area contributed by atoms with Crippen LogP contribution in [0.25, 0.3) is 0 Å². The quantitative estimate of drug-likeness (QED) is 0.667. The van der Waals surface area contributed by atoms with Crippen molar-refractivity contribution < 1.29 is 27.1 Å². The lowest BCUT2D eigenvalue weighted by Gasteiger charge is -2.27. The molecule has 1 saturated heterocycles. The molecule has 30 heavy (non-hydrogen) atoms. The van der Waals surface area contributed by atoms with Crippen LogP contribution in [0.1, 0.15) is 22.8 Å². The van der Waals surface area contributed by atoms with Crippen molar-refractivity contribution in [2.45, 2.75) is 18.4 Å². The molecule has 9 heteroatoms. The van der Waals surface area contributed by atoms with Crippen molar-refractivity contribution in [2.75, 3.05) is 40.0 Å². The number of halogens is 1. The van der Waals surface area contributed by atoms with E-state index in [0.29, 0.717) is 25.3 Å². The molecule has 0 atom stereocenters. The second kappa shape index (κ2) is 9.55. The van der Waals surface area contributed by atoms with E-state index in [9.17, 15) is 17.6 Å². The predicted molar refractivity (Wildman–Crippen MR) is 109 cm³/mol. The predicted octanol–water partition coefficient (Wildman–Crippen LogP) is 2.52. The number of ether oxygens (including phenoxy) is 2. The topological polar surface area (TPSA) is 76.2 Å². The Morgan fingerprint density at radius 2 is 1.93 bits per heavy atom. The number of amides is 1. The van der Waals surface area contributed by atoms with E-state index in [1.807, 2.05) is 0 Å². The van der Waals surface area contributed by atoms with Crippen LogP contribution in [0.4, 0.5) is 4.39 Å². The SMILES string of the molecule is CCN(Cc1cccc(F)c1)C(=O)c1cc(S(=O)(=O)N2CCOCC2)ccc1OC. The van der Waals surface area contributed by atoms with Crippen LogP contribution in [0.15, 0.2) is 47.4 Å². The number of morpholine rings is 1. The maximum Gasteiger partial charge on any atom is 0.257 e. The van der Waals surface area contributed by atoms with Crippen LogP contribution in [0.3, 0.4) is 0 Å². The van der Waals surface area contributed by atoms with E-state index in [2.05, 4.69) is 0 Å². The van der Waals surface area contributed by atoms with E-state index in [4.69, 9.17) is 9.47 Å².